The summed E-state index contributed by atoms with van der Waals surface area (Å²) in [6.07, 6.45) is 0.869. The van der Waals surface area contributed by atoms with Crippen molar-refractivity contribution in [3.63, 3.8) is 0 Å². The summed E-state index contributed by atoms with van der Waals surface area (Å²) < 4.78 is 18.3. The molecule has 4 aliphatic rings. The number of aliphatic hydroxyl groups is 1. The smallest absolute Gasteiger partial charge is 0.445 e. The number of benzene rings is 1. The van der Waals surface area contributed by atoms with Gasteiger partial charge in [0.25, 0.3) is 0 Å². The van der Waals surface area contributed by atoms with Gasteiger partial charge < -0.3 is 29.8 Å². The van der Waals surface area contributed by atoms with Crippen molar-refractivity contribution in [1.29, 1.82) is 0 Å². The lowest BCUT2D eigenvalue weighted by Gasteiger charge is -2.64. The van der Waals surface area contributed by atoms with Crippen LogP contribution in [0.3, 0.4) is 0 Å². The number of alkyl carbamates (subject to hydrolysis) is 1. The molecule has 8 nitrogen and oxygen atoms in total. The van der Waals surface area contributed by atoms with E-state index >= 15 is 0 Å². The van der Waals surface area contributed by atoms with Crippen molar-refractivity contribution >= 4 is 19.1 Å². The Hall–Kier alpha value is -2.10. The molecular weight excluding hydrogens is 459 g/mol. The van der Waals surface area contributed by atoms with Gasteiger partial charge in [-0.25, -0.2) is 4.79 Å². The van der Waals surface area contributed by atoms with Gasteiger partial charge in [0.05, 0.1) is 23.8 Å². The van der Waals surface area contributed by atoms with E-state index in [0.29, 0.717) is 18.3 Å². The van der Waals surface area contributed by atoms with Crippen LogP contribution in [0.25, 0.3) is 0 Å². The zero-order valence-electron chi connectivity index (χ0n) is 22.3. The standard InChI is InChI=1S/C27H41BN2O6/c1-16(2)12-22(28-35-21-14-19-13-20(26(19,4)5)27(21,6)36-28)29-24(32)23(17(3)31)30-25(33)34-15-18-10-8-7-9-11-18/h7-11,16-17,19-23,31H,12-15H2,1-6H3,(H,29,32)(H,30,33)/t17-,19+,20+,21-,22+,23+,27+/m1/s1. The second-order valence-electron chi connectivity index (χ2n) is 12.0. The maximum Gasteiger partial charge on any atom is 0.481 e. The average molecular weight is 500 g/mol. The molecular formula is C27H41BN2O6. The molecule has 4 fully saturated rings. The van der Waals surface area contributed by atoms with Gasteiger partial charge in [0.2, 0.25) is 5.91 Å². The maximum absolute atomic E-state index is 13.3. The Morgan fingerprint density at radius 2 is 1.83 bits per heavy atom. The summed E-state index contributed by atoms with van der Waals surface area (Å²) in [6, 6.07) is 8.09. The number of nitrogens with one attached hydrogen (secondary N) is 2. The van der Waals surface area contributed by atoms with Crippen LogP contribution in [-0.4, -0.2) is 54.0 Å². The Kier molecular flexibility index (Phi) is 7.74. The number of aliphatic hydroxyl groups excluding tert-OH is 1. The third-order valence-corrected chi connectivity index (χ3v) is 8.60. The number of hydrogen-bond donors (Lipinski definition) is 3. The number of rotatable bonds is 9. The molecule has 3 N–H and O–H groups in total. The number of carbonyl (C=O) groups excluding carboxylic acids is 2. The highest BCUT2D eigenvalue weighted by Gasteiger charge is 2.68. The Labute approximate surface area is 215 Å². The summed E-state index contributed by atoms with van der Waals surface area (Å²) in [5, 5.41) is 15.8. The Balaban J connectivity index is 1.40. The van der Waals surface area contributed by atoms with Crippen LogP contribution >= 0.6 is 0 Å². The van der Waals surface area contributed by atoms with Gasteiger partial charge in [-0.3, -0.25) is 4.79 Å². The van der Waals surface area contributed by atoms with E-state index in [1.165, 1.54) is 6.92 Å². The summed E-state index contributed by atoms with van der Waals surface area (Å²) in [5.74, 6) is 0.414. The van der Waals surface area contributed by atoms with Gasteiger partial charge in [0.1, 0.15) is 12.6 Å². The minimum absolute atomic E-state index is 0.00416. The first-order valence-corrected chi connectivity index (χ1v) is 13.2. The fourth-order valence-electron chi connectivity index (χ4n) is 6.39. The first-order chi connectivity index (χ1) is 16.9. The lowest BCUT2D eigenvalue weighted by atomic mass is 9.43. The van der Waals surface area contributed by atoms with E-state index in [9.17, 15) is 14.7 Å². The van der Waals surface area contributed by atoms with Crippen molar-refractivity contribution in [3.05, 3.63) is 35.9 Å². The van der Waals surface area contributed by atoms with Crippen LogP contribution in [0.4, 0.5) is 4.79 Å². The van der Waals surface area contributed by atoms with Crippen molar-refractivity contribution in [2.75, 3.05) is 0 Å². The van der Waals surface area contributed by atoms with Crippen molar-refractivity contribution in [2.24, 2.45) is 23.2 Å². The molecule has 0 radical (unpaired) electrons. The molecule has 9 heteroatoms. The topological polar surface area (TPSA) is 106 Å². The first kappa shape index (κ1) is 27.0. The zero-order chi connectivity index (χ0) is 26.3. The Bertz CT molecular complexity index is 941. The third kappa shape index (κ3) is 5.29. The predicted molar refractivity (Wildman–Crippen MR) is 137 cm³/mol. The summed E-state index contributed by atoms with van der Waals surface area (Å²) in [5.41, 5.74) is 0.669. The van der Waals surface area contributed by atoms with E-state index in [4.69, 9.17) is 14.0 Å². The predicted octanol–water partition coefficient (Wildman–Crippen LogP) is 3.46. The fourth-order valence-corrected chi connectivity index (χ4v) is 6.39. The average Bonchev–Trinajstić information content (AvgIpc) is 3.18. The summed E-state index contributed by atoms with van der Waals surface area (Å²) >= 11 is 0. The molecule has 1 aromatic rings. The molecule has 3 aliphatic carbocycles. The van der Waals surface area contributed by atoms with Crippen molar-refractivity contribution in [1.82, 2.24) is 10.6 Å². The van der Waals surface area contributed by atoms with E-state index < -0.39 is 37.2 Å². The van der Waals surface area contributed by atoms with Gasteiger partial charge >= 0.3 is 13.2 Å². The van der Waals surface area contributed by atoms with Gasteiger partial charge in [-0.05, 0) is 61.8 Å². The van der Waals surface area contributed by atoms with Gasteiger partial charge in [-0.2, -0.15) is 0 Å². The highest BCUT2D eigenvalue weighted by atomic mass is 16.7. The largest absolute Gasteiger partial charge is 0.481 e. The van der Waals surface area contributed by atoms with Gasteiger partial charge in [-0.1, -0.05) is 58.0 Å². The van der Waals surface area contributed by atoms with E-state index in [1.54, 1.807) is 0 Å². The number of carbonyl (C=O) groups is 2. The van der Waals surface area contributed by atoms with Crippen molar-refractivity contribution in [3.8, 4) is 0 Å². The SMILES string of the molecule is CC(C)C[C@H](NC(=O)[C@@H](NC(=O)OCc1ccccc1)[C@@H](C)O)B1O[C@@H]2C[C@@H]3C[C@@H](C3(C)C)[C@]2(C)O1. The van der Waals surface area contributed by atoms with E-state index in [-0.39, 0.29) is 29.6 Å². The molecule has 2 bridgehead atoms. The number of hydrogen-bond acceptors (Lipinski definition) is 6. The normalized spacial score (nSPS) is 30.6. The maximum atomic E-state index is 13.3. The van der Waals surface area contributed by atoms with Gasteiger partial charge in [0, 0.05) is 0 Å². The lowest BCUT2D eigenvalue weighted by molar-refractivity contribution is -0.199. The van der Waals surface area contributed by atoms with Crippen LogP contribution in [0, 0.1) is 23.2 Å². The quantitative estimate of drug-likeness (QED) is 0.449. The molecule has 0 spiro atoms. The highest BCUT2D eigenvalue weighted by molar-refractivity contribution is 6.48. The van der Waals surface area contributed by atoms with Gasteiger partial charge in [-0.15, -0.1) is 0 Å². The van der Waals surface area contributed by atoms with Crippen molar-refractivity contribution < 1.29 is 28.7 Å². The zero-order valence-corrected chi connectivity index (χ0v) is 22.3. The Morgan fingerprint density at radius 3 is 2.44 bits per heavy atom. The molecule has 198 valence electrons. The van der Waals surface area contributed by atoms with E-state index in [2.05, 4.69) is 45.3 Å². The molecule has 0 unspecified atom stereocenters. The van der Waals surface area contributed by atoms with E-state index in [1.807, 2.05) is 30.3 Å². The van der Waals surface area contributed by atoms with Crippen LogP contribution in [0.15, 0.2) is 30.3 Å². The first-order valence-electron chi connectivity index (χ1n) is 13.2. The van der Waals surface area contributed by atoms with Crippen LogP contribution in [-0.2, 0) is 25.4 Å². The molecule has 1 saturated heterocycles. The molecule has 7 atom stereocenters. The molecule has 36 heavy (non-hydrogen) atoms. The minimum Gasteiger partial charge on any atom is -0.445 e. The summed E-state index contributed by atoms with van der Waals surface area (Å²) in [6.45, 7) is 12.5. The molecule has 3 saturated carbocycles. The molecule has 5 rings (SSSR count). The van der Waals surface area contributed by atoms with E-state index in [0.717, 1.165) is 18.4 Å². The number of amides is 2. The molecule has 2 amide bonds. The third-order valence-electron chi connectivity index (χ3n) is 8.60. The van der Waals surface area contributed by atoms with Crippen LogP contribution < -0.4 is 10.6 Å². The summed E-state index contributed by atoms with van der Waals surface area (Å²) in [7, 11) is -0.582. The van der Waals surface area contributed by atoms with Gasteiger partial charge in [0.15, 0.2) is 0 Å². The number of ether oxygens (including phenoxy) is 1. The molecule has 1 heterocycles. The fraction of sp³-hybridized carbons (Fsp3) is 0.704. The Morgan fingerprint density at radius 1 is 1.14 bits per heavy atom. The molecule has 1 aliphatic heterocycles. The monoisotopic (exact) mass is 500 g/mol. The second-order valence-corrected chi connectivity index (χ2v) is 12.0. The highest BCUT2D eigenvalue weighted by Crippen LogP contribution is 2.65. The molecule has 1 aromatic carbocycles. The van der Waals surface area contributed by atoms with Crippen LogP contribution in [0.1, 0.15) is 66.4 Å². The lowest BCUT2D eigenvalue weighted by Crippen LogP contribution is -2.65. The van der Waals surface area contributed by atoms with Crippen LogP contribution in [0.5, 0.6) is 0 Å². The van der Waals surface area contributed by atoms with Crippen LogP contribution in [0.2, 0.25) is 0 Å². The van der Waals surface area contributed by atoms with Crippen molar-refractivity contribution in [2.45, 2.75) is 97.2 Å². The minimum atomic E-state index is -1.17. The molecule has 0 aromatic heterocycles. The second kappa shape index (κ2) is 10.3. The summed E-state index contributed by atoms with van der Waals surface area (Å²) in [4.78, 5) is 25.7.